The van der Waals surface area contributed by atoms with Gasteiger partial charge < -0.3 is 19.3 Å². The van der Waals surface area contributed by atoms with Crippen molar-refractivity contribution in [2.75, 3.05) is 13.2 Å². The fraction of sp³-hybridized carbons (Fsp3) is 0.355. The SMILES string of the molecule is CC.CCOc1ccc(-c2nc(COc3ccc(OCC(=O)O)c(C)c3)sc2C2C=C(SC(F)(F)F)C=CCC2)cc1. The van der Waals surface area contributed by atoms with Crippen LogP contribution < -0.4 is 14.2 Å². The van der Waals surface area contributed by atoms with Crippen LogP contribution in [0.2, 0.25) is 0 Å². The van der Waals surface area contributed by atoms with Crippen LogP contribution in [0.25, 0.3) is 11.3 Å². The van der Waals surface area contributed by atoms with Gasteiger partial charge in [0, 0.05) is 21.3 Å². The Morgan fingerprint density at radius 1 is 1.10 bits per heavy atom. The molecule has 1 heterocycles. The van der Waals surface area contributed by atoms with E-state index >= 15 is 0 Å². The Hall–Kier alpha value is -3.44. The smallest absolute Gasteiger partial charge is 0.446 e. The summed E-state index contributed by atoms with van der Waals surface area (Å²) >= 11 is 1.32. The van der Waals surface area contributed by atoms with Crippen LogP contribution in [0.1, 0.15) is 55.0 Å². The number of nitrogens with zero attached hydrogens (tertiary/aromatic N) is 1. The molecule has 4 rings (SSSR count). The molecule has 226 valence electrons. The van der Waals surface area contributed by atoms with Crippen LogP contribution in [0.3, 0.4) is 0 Å². The average Bonchev–Trinajstić information content (AvgIpc) is 3.25. The second kappa shape index (κ2) is 15.7. The summed E-state index contributed by atoms with van der Waals surface area (Å²) in [4.78, 5) is 16.7. The maximum absolute atomic E-state index is 13.2. The van der Waals surface area contributed by atoms with E-state index in [0.29, 0.717) is 41.6 Å². The number of carbonyl (C=O) groups is 1. The minimum absolute atomic E-state index is 0.105. The summed E-state index contributed by atoms with van der Waals surface area (Å²) in [6.45, 7) is 7.95. The van der Waals surface area contributed by atoms with Gasteiger partial charge in [0.1, 0.15) is 28.9 Å². The molecule has 0 bridgehead atoms. The number of rotatable bonds is 11. The van der Waals surface area contributed by atoms with Crippen LogP contribution in [0.4, 0.5) is 13.2 Å². The van der Waals surface area contributed by atoms with Gasteiger partial charge in [-0.2, -0.15) is 13.2 Å². The molecule has 3 aromatic rings. The number of hydrogen-bond donors (Lipinski definition) is 1. The Bertz CT molecular complexity index is 1380. The molecule has 2 aromatic carbocycles. The third-order valence-electron chi connectivity index (χ3n) is 5.86. The van der Waals surface area contributed by atoms with Gasteiger partial charge in [0.2, 0.25) is 0 Å². The highest BCUT2D eigenvalue weighted by molar-refractivity contribution is 8.04. The molecular weight excluding hydrogens is 587 g/mol. The first kappa shape index (κ1) is 33.1. The molecule has 1 aliphatic carbocycles. The maximum atomic E-state index is 13.2. The van der Waals surface area contributed by atoms with E-state index in [1.54, 1.807) is 37.3 Å². The Kier molecular flexibility index (Phi) is 12.4. The van der Waals surface area contributed by atoms with Gasteiger partial charge in [-0.05, 0) is 86.5 Å². The number of aromatic nitrogens is 1. The molecule has 0 fully saturated rings. The number of halogens is 3. The number of alkyl halides is 3. The predicted octanol–water partition coefficient (Wildman–Crippen LogP) is 9.16. The summed E-state index contributed by atoms with van der Waals surface area (Å²) in [5, 5.41) is 9.51. The van der Waals surface area contributed by atoms with Crippen LogP contribution in [0, 0.1) is 6.92 Å². The van der Waals surface area contributed by atoms with Gasteiger partial charge in [-0.1, -0.05) is 32.1 Å². The molecule has 1 aromatic heterocycles. The molecule has 0 aliphatic heterocycles. The van der Waals surface area contributed by atoms with Crippen molar-refractivity contribution in [3.63, 3.8) is 0 Å². The molecule has 1 atom stereocenters. The highest BCUT2D eigenvalue weighted by atomic mass is 32.2. The fourth-order valence-corrected chi connectivity index (χ4v) is 5.92. The molecule has 1 unspecified atom stereocenters. The van der Waals surface area contributed by atoms with Gasteiger partial charge in [0.05, 0.1) is 12.3 Å². The number of ether oxygens (including phenoxy) is 3. The number of carboxylic acids is 1. The number of aliphatic carboxylic acids is 1. The zero-order valence-electron chi connectivity index (χ0n) is 23.9. The molecule has 1 aliphatic rings. The van der Waals surface area contributed by atoms with Crippen molar-refractivity contribution in [2.45, 2.75) is 58.6 Å². The van der Waals surface area contributed by atoms with E-state index in [9.17, 15) is 18.0 Å². The minimum Gasteiger partial charge on any atom is -0.494 e. The summed E-state index contributed by atoms with van der Waals surface area (Å²) in [7, 11) is 0. The molecular formula is C31H34F3NO5S2. The molecule has 0 spiro atoms. The first-order valence-electron chi connectivity index (χ1n) is 13.6. The Labute approximate surface area is 252 Å². The Morgan fingerprint density at radius 3 is 2.45 bits per heavy atom. The number of thioether (sulfide) groups is 1. The summed E-state index contributed by atoms with van der Waals surface area (Å²) in [6.07, 6.45) is 6.29. The normalized spacial score (nSPS) is 14.7. The van der Waals surface area contributed by atoms with Crippen molar-refractivity contribution in [2.24, 2.45) is 0 Å². The van der Waals surface area contributed by atoms with E-state index in [1.165, 1.54) is 17.4 Å². The van der Waals surface area contributed by atoms with Crippen LogP contribution in [0.15, 0.2) is 65.6 Å². The van der Waals surface area contributed by atoms with Crippen LogP contribution >= 0.6 is 23.1 Å². The van der Waals surface area contributed by atoms with Crippen molar-refractivity contribution in [3.8, 4) is 28.5 Å². The molecule has 11 heteroatoms. The summed E-state index contributed by atoms with van der Waals surface area (Å²) in [6, 6.07) is 12.6. The lowest BCUT2D eigenvalue weighted by Gasteiger charge is -2.13. The van der Waals surface area contributed by atoms with Crippen LogP contribution in [0.5, 0.6) is 17.2 Å². The van der Waals surface area contributed by atoms with Gasteiger partial charge in [-0.25, -0.2) is 9.78 Å². The highest BCUT2D eigenvalue weighted by Gasteiger charge is 2.31. The lowest BCUT2D eigenvalue weighted by atomic mass is 9.98. The zero-order valence-corrected chi connectivity index (χ0v) is 25.5. The van der Waals surface area contributed by atoms with Crippen molar-refractivity contribution in [1.29, 1.82) is 0 Å². The number of carboxylic acid groups (broad SMARTS) is 1. The number of aryl methyl sites for hydroxylation is 1. The van der Waals surface area contributed by atoms with Crippen molar-refractivity contribution >= 4 is 29.1 Å². The third-order valence-corrected chi connectivity index (χ3v) is 7.76. The average molecular weight is 622 g/mol. The predicted molar refractivity (Wildman–Crippen MR) is 162 cm³/mol. The summed E-state index contributed by atoms with van der Waals surface area (Å²) in [5.41, 5.74) is -2.10. The molecule has 0 amide bonds. The number of hydrogen-bond acceptors (Lipinski definition) is 7. The first-order valence-corrected chi connectivity index (χ1v) is 15.2. The highest BCUT2D eigenvalue weighted by Crippen LogP contribution is 2.43. The fourth-order valence-electron chi connectivity index (χ4n) is 4.15. The Morgan fingerprint density at radius 2 is 1.81 bits per heavy atom. The van der Waals surface area contributed by atoms with E-state index in [4.69, 9.17) is 24.3 Å². The van der Waals surface area contributed by atoms with Gasteiger partial charge in [-0.15, -0.1) is 11.3 Å². The third kappa shape index (κ3) is 9.84. The topological polar surface area (TPSA) is 77.9 Å². The second-order valence-electron chi connectivity index (χ2n) is 8.88. The van der Waals surface area contributed by atoms with Crippen LogP contribution in [-0.2, 0) is 11.4 Å². The van der Waals surface area contributed by atoms with Gasteiger partial charge in [0.25, 0.3) is 0 Å². The lowest BCUT2D eigenvalue weighted by Crippen LogP contribution is -2.10. The zero-order chi connectivity index (χ0) is 30.7. The molecule has 6 nitrogen and oxygen atoms in total. The van der Waals surface area contributed by atoms with E-state index in [1.807, 2.05) is 45.0 Å². The van der Waals surface area contributed by atoms with E-state index in [0.717, 1.165) is 21.8 Å². The van der Waals surface area contributed by atoms with E-state index in [2.05, 4.69) is 0 Å². The summed E-state index contributed by atoms with van der Waals surface area (Å²) in [5.74, 6) is 0.416. The quantitative estimate of drug-likeness (QED) is 0.229. The number of allylic oxidation sites excluding steroid dienone is 3. The first-order chi connectivity index (χ1) is 20.1. The monoisotopic (exact) mass is 621 g/mol. The van der Waals surface area contributed by atoms with Gasteiger partial charge in [0.15, 0.2) is 6.61 Å². The largest absolute Gasteiger partial charge is 0.494 e. The van der Waals surface area contributed by atoms with Gasteiger partial charge >= 0.3 is 11.5 Å². The molecule has 42 heavy (non-hydrogen) atoms. The Balaban J connectivity index is 0.00000237. The number of thiazole rings is 1. The van der Waals surface area contributed by atoms with Crippen molar-refractivity contribution in [3.05, 3.63) is 81.0 Å². The minimum atomic E-state index is -4.37. The van der Waals surface area contributed by atoms with Crippen molar-refractivity contribution < 1.29 is 37.3 Å². The standard InChI is InChI=1S/C29H28F3NO5S2.C2H6/c1-3-36-21-10-8-19(9-11-21)27-28(20-6-4-5-7-23(15-20)40-29(30,31)32)39-25(33-27)16-37-22-12-13-24(18(2)14-22)38-17-26(34)35;1-2/h5,7-15,20H,3-4,6,16-17H2,1-2H3,(H,34,35);1-2H3. The molecule has 0 saturated carbocycles. The summed E-state index contributed by atoms with van der Waals surface area (Å²) < 4.78 is 56.3. The lowest BCUT2D eigenvalue weighted by molar-refractivity contribution is -0.139. The molecule has 1 N–H and O–H groups in total. The second-order valence-corrected chi connectivity index (χ2v) is 11.1. The molecule has 0 radical (unpaired) electrons. The van der Waals surface area contributed by atoms with Crippen LogP contribution in [-0.4, -0.2) is 34.8 Å². The van der Waals surface area contributed by atoms with Crippen molar-refractivity contribution in [1.82, 2.24) is 4.98 Å². The van der Waals surface area contributed by atoms with E-state index in [-0.39, 0.29) is 29.2 Å². The maximum Gasteiger partial charge on any atom is 0.446 e. The van der Waals surface area contributed by atoms with Gasteiger partial charge in [-0.3, -0.25) is 0 Å². The molecule has 0 saturated heterocycles. The number of benzene rings is 2. The van der Waals surface area contributed by atoms with E-state index < -0.39 is 18.1 Å².